The Hall–Kier alpha value is -7.07. The molecule has 1 spiro atoms. The third-order valence-corrected chi connectivity index (χ3v) is 17.9. The average Bonchev–Trinajstić information content (AvgIpc) is 3.96. The first kappa shape index (κ1) is 50.1. The van der Waals surface area contributed by atoms with Crippen LogP contribution in [0.3, 0.4) is 0 Å². The van der Waals surface area contributed by atoms with Crippen LogP contribution < -0.4 is 35.8 Å². The van der Waals surface area contributed by atoms with E-state index in [2.05, 4.69) is 52.9 Å². The van der Waals surface area contributed by atoms with Gasteiger partial charge in [-0.2, -0.15) is 10.1 Å². The summed E-state index contributed by atoms with van der Waals surface area (Å²) in [6.07, 6.45) is 12.6. The Morgan fingerprint density at radius 1 is 0.747 bits per heavy atom. The number of aryl methyl sites for hydroxylation is 1. The lowest BCUT2D eigenvalue weighted by Crippen LogP contribution is -2.54. The van der Waals surface area contributed by atoms with Gasteiger partial charge in [0.25, 0.3) is 11.8 Å². The molecule has 4 aromatic carbocycles. The van der Waals surface area contributed by atoms with Gasteiger partial charge in [-0.15, -0.1) is 0 Å². The third-order valence-electron chi connectivity index (χ3n) is 16.1. The van der Waals surface area contributed by atoms with E-state index in [-0.39, 0.29) is 12.8 Å². The monoisotopic (exact) mass is 1050 g/mol. The van der Waals surface area contributed by atoms with E-state index in [1.165, 1.54) is 12.8 Å². The number of hydrogen-bond acceptors (Lipinski definition) is 14. The number of hydrogen-bond donors (Lipinski definition) is 3. The molecule has 5 aliphatic rings. The number of carbonyl (C=O) groups is 4. The van der Waals surface area contributed by atoms with E-state index in [1.54, 1.807) is 38.8 Å². The van der Waals surface area contributed by atoms with Crippen LogP contribution in [0.5, 0.6) is 5.75 Å². The number of nitrogens with zero attached hydrogens (tertiary/aromatic N) is 8. The van der Waals surface area contributed by atoms with Gasteiger partial charge in [-0.1, -0.05) is 48.0 Å². The molecule has 2 aromatic heterocycles. The zero-order valence-electron chi connectivity index (χ0n) is 42.6. The molecule has 75 heavy (non-hydrogen) atoms. The number of halogens is 1. The van der Waals surface area contributed by atoms with Crippen LogP contribution in [-0.4, -0.2) is 125 Å². The fourth-order valence-electron chi connectivity index (χ4n) is 11.8. The molecule has 4 aliphatic heterocycles. The maximum Gasteiger partial charge on any atom is 0.262 e. The summed E-state index contributed by atoms with van der Waals surface area (Å²) in [4.78, 5) is 68.9. The van der Waals surface area contributed by atoms with Gasteiger partial charge in [0.2, 0.25) is 17.8 Å². The number of anilines is 6. The van der Waals surface area contributed by atoms with Gasteiger partial charge in [0.15, 0.2) is 5.82 Å². The van der Waals surface area contributed by atoms with Gasteiger partial charge in [-0.05, 0) is 111 Å². The molecule has 0 bridgehead atoms. The van der Waals surface area contributed by atoms with Crippen molar-refractivity contribution < 1.29 is 28.5 Å². The van der Waals surface area contributed by atoms with Gasteiger partial charge in [0.05, 0.1) is 42.0 Å². The fraction of sp³-hybridized carbons (Fsp3) is 0.375. The summed E-state index contributed by atoms with van der Waals surface area (Å²) in [5.41, 5.74) is 8.19. The number of imide groups is 2. The van der Waals surface area contributed by atoms with Gasteiger partial charge < -0.3 is 29.7 Å². The minimum atomic E-state index is -2.74. The van der Waals surface area contributed by atoms with E-state index < -0.39 is 36.8 Å². The van der Waals surface area contributed by atoms with E-state index in [4.69, 9.17) is 21.3 Å². The van der Waals surface area contributed by atoms with Crippen molar-refractivity contribution in [1.29, 1.82) is 0 Å². The maximum atomic E-state index is 13.7. The SMILES string of the molecule is COc1cc(N2CCC3(CCC(N4CCN(c5ccc6c(c5)C(=O)N(C5CCC(=O)NC5=O)C6=O)CC4)CC3)CC2)c(-c2cnn(C)c2)cc1Nc1ncc(Cl)c(Nc2ccc(-c3ccccc3)cc2P(C)(C)=O)n1. The molecule has 6 aromatic rings. The molecule has 11 rings (SSSR count). The van der Waals surface area contributed by atoms with Crippen molar-refractivity contribution in [2.24, 2.45) is 12.5 Å². The second-order valence-corrected chi connectivity index (χ2v) is 24.6. The number of ether oxygens (including phenoxy) is 1. The number of piperidine rings is 2. The van der Waals surface area contributed by atoms with E-state index in [0.717, 1.165) is 103 Å². The van der Waals surface area contributed by atoms with Crippen molar-refractivity contribution in [2.45, 2.75) is 63.5 Å². The summed E-state index contributed by atoms with van der Waals surface area (Å²) in [6.45, 7) is 8.79. The first-order valence-electron chi connectivity index (χ1n) is 25.8. The highest BCUT2D eigenvalue weighted by Crippen LogP contribution is 2.49. The van der Waals surface area contributed by atoms with Crippen LogP contribution in [0.4, 0.5) is 34.5 Å². The Morgan fingerprint density at radius 3 is 2.19 bits per heavy atom. The number of amides is 4. The summed E-state index contributed by atoms with van der Waals surface area (Å²) in [5.74, 6) is -0.655. The molecule has 3 saturated heterocycles. The van der Waals surface area contributed by atoms with Crippen LogP contribution in [0.2, 0.25) is 5.02 Å². The van der Waals surface area contributed by atoms with Crippen molar-refractivity contribution in [3.05, 3.63) is 114 Å². The van der Waals surface area contributed by atoms with Crippen LogP contribution in [0, 0.1) is 5.41 Å². The topological polar surface area (TPSA) is 187 Å². The second-order valence-electron chi connectivity index (χ2n) is 21.0. The molecule has 4 amide bonds. The average molecular weight is 1050 g/mol. The molecule has 1 saturated carbocycles. The highest BCUT2D eigenvalue weighted by molar-refractivity contribution is 7.70. The Labute approximate surface area is 441 Å². The van der Waals surface area contributed by atoms with E-state index in [0.29, 0.717) is 61.8 Å². The van der Waals surface area contributed by atoms with Crippen molar-refractivity contribution in [3.63, 3.8) is 0 Å². The normalized spacial score (nSPS) is 19.4. The Balaban J connectivity index is 0.735. The first-order chi connectivity index (χ1) is 36.1. The minimum absolute atomic E-state index is 0.0882. The van der Waals surface area contributed by atoms with Gasteiger partial charge >= 0.3 is 0 Å². The summed E-state index contributed by atoms with van der Waals surface area (Å²) < 4.78 is 21.5. The zero-order valence-corrected chi connectivity index (χ0v) is 44.3. The van der Waals surface area contributed by atoms with Crippen molar-refractivity contribution >= 4 is 82.2 Å². The minimum Gasteiger partial charge on any atom is -0.494 e. The summed E-state index contributed by atoms with van der Waals surface area (Å²) >= 11 is 6.72. The molecule has 4 fully saturated rings. The number of carbonyl (C=O) groups excluding carboxylic acids is 4. The highest BCUT2D eigenvalue weighted by Gasteiger charge is 2.45. The Bertz CT molecular complexity index is 3260. The largest absolute Gasteiger partial charge is 0.494 e. The van der Waals surface area contributed by atoms with Crippen LogP contribution >= 0.6 is 18.7 Å². The number of benzene rings is 4. The molecule has 388 valence electrons. The number of rotatable bonds is 12. The highest BCUT2D eigenvalue weighted by atomic mass is 35.5. The van der Waals surface area contributed by atoms with Crippen LogP contribution in [0.25, 0.3) is 22.3 Å². The number of fused-ring (bicyclic) bond motifs is 1. The molecule has 0 radical (unpaired) electrons. The Morgan fingerprint density at radius 2 is 1.49 bits per heavy atom. The predicted octanol–water partition coefficient (Wildman–Crippen LogP) is 8.69. The zero-order chi connectivity index (χ0) is 52.2. The molecule has 1 unspecified atom stereocenters. The van der Waals surface area contributed by atoms with Crippen molar-refractivity contribution in [2.75, 3.05) is 80.1 Å². The molecular formula is C56H61ClN11O6P. The smallest absolute Gasteiger partial charge is 0.262 e. The second kappa shape index (κ2) is 20.2. The molecular weight excluding hydrogens is 989 g/mol. The van der Waals surface area contributed by atoms with Gasteiger partial charge in [0.1, 0.15) is 24.0 Å². The third kappa shape index (κ3) is 10.0. The molecule has 3 N–H and O–H groups in total. The molecule has 1 aliphatic carbocycles. The number of methoxy groups -OCH3 is 1. The summed E-state index contributed by atoms with van der Waals surface area (Å²) in [6, 6.07) is 25.0. The standard InChI is InChI=1S/C56H61ClN11O6P/c1-64-34-37(32-59-64)41-30-45(61-55-58-33-43(57)51(63-55)60-44-13-10-36(28-49(44)75(3,4)73)35-8-6-5-7-9-35)48(74-2)31-47(41)67-22-20-56(21-23-67)18-16-38(17-19-56)65-24-26-66(27-25-65)39-11-12-40-42(29-39)54(72)68(53(40)71)46-14-15-50(69)62-52(46)70/h5-13,28-34,38,46H,14-27H2,1-4H3,(H,62,69,70)(H2,58,60,61,63). The molecule has 19 heteroatoms. The molecule has 6 heterocycles. The summed E-state index contributed by atoms with van der Waals surface area (Å²) in [5, 5.41) is 14.6. The van der Waals surface area contributed by atoms with Gasteiger partial charge in [0, 0.05) is 98.8 Å². The Kier molecular flexibility index (Phi) is 13.5. The lowest BCUT2D eigenvalue weighted by molar-refractivity contribution is -0.136. The van der Waals surface area contributed by atoms with Crippen LogP contribution in [-0.2, 0) is 21.2 Å². The van der Waals surface area contributed by atoms with E-state index in [1.807, 2.05) is 78.7 Å². The molecule has 17 nitrogen and oxygen atoms in total. The lowest BCUT2D eigenvalue weighted by atomic mass is 9.66. The number of piperazine rings is 1. The summed E-state index contributed by atoms with van der Waals surface area (Å²) in [7, 11) is 0.844. The number of nitrogens with one attached hydrogen (secondary N) is 3. The van der Waals surface area contributed by atoms with Gasteiger partial charge in [-0.25, -0.2) is 4.98 Å². The van der Waals surface area contributed by atoms with Crippen molar-refractivity contribution in [3.8, 4) is 28.0 Å². The fourth-order valence-corrected chi connectivity index (χ4v) is 13.1. The first-order valence-corrected chi connectivity index (χ1v) is 28.7. The van der Waals surface area contributed by atoms with Gasteiger partial charge in [-0.3, -0.25) is 39.0 Å². The number of aromatic nitrogens is 4. The molecule has 1 atom stereocenters. The lowest BCUT2D eigenvalue weighted by Gasteiger charge is -2.49. The maximum absolute atomic E-state index is 13.7. The van der Waals surface area contributed by atoms with Crippen LogP contribution in [0.15, 0.2) is 97.5 Å². The van der Waals surface area contributed by atoms with Crippen molar-refractivity contribution in [1.82, 2.24) is 34.9 Å². The quantitative estimate of drug-likeness (QED) is 0.0780. The van der Waals surface area contributed by atoms with E-state index >= 15 is 0 Å². The van der Waals surface area contributed by atoms with E-state index in [9.17, 15) is 23.7 Å². The van der Waals surface area contributed by atoms with Crippen LogP contribution in [0.1, 0.15) is 72.1 Å². The predicted molar refractivity (Wildman–Crippen MR) is 293 cm³/mol.